The van der Waals surface area contributed by atoms with Crippen molar-refractivity contribution < 1.29 is 4.42 Å². The van der Waals surface area contributed by atoms with Crippen LogP contribution in [-0.2, 0) is 6.42 Å². The fourth-order valence-corrected chi connectivity index (χ4v) is 5.74. The lowest BCUT2D eigenvalue weighted by atomic mass is 9.91. The van der Waals surface area contributed by atoms with Crippen molar-refractivity contribution in [1.29, 1.82) is 0 Å². The Bertz CT molecular complexity index is 1100. The number of thiophene rings is 2. The second-order valence-electron chi connectivity index (χ2n) is 8.45. The van der Waals surface area contributed by atoms with Gasteiger partial charge in [0.2, 0.25) is 0 Å². The molecule has 0 spiro atoms. The summed E-state index contributed by atoms with van der Waals surface area (Å²) in [4.78, 5) is 8.54. The van der Waals surface area contributed by atoms with E-state index in [2.05, 4.69) is 65.8 Å². The number of nitrogens with zero attached hydrogens (tertiary/aromatic N) is 1. The molecule has 0 radical (unpaired) electrons. The Morgan fingerprint density at radius 1 is 1.04 bits per heavy atom. The molecule has 4 heteroatoms. The van der Waals surface area contributed by atoms with Gasteiger partial charge in [-0.2, -0.15) is 0 Å². The van der Waals surface area contributed by atoms with Crippen LogP contribution in [-0.4, -0.2) is 4.98 Å². The fourth-order valence-electron chi connectivity index (χ4n) is 3.37. The van der Waals surface area contributed by atoms with Gasteiger partial charge in [-0.05, 0) is 67.0 Å². The number of hydrogen-bond donors (Lipinski definition) is 0. The summed E-state index contributed by atoms with van der Waals surface area (Å²) in [5.74, 6) is 2.02. The zero-order valence-electron chi connectivity index (χ0n) is 16.8. The van der Waals surface area contributed by atoms with E-state index >= 15 is 0 Å². The number of aryl methyl sites for hydroxylation is 3. The van der Waals surface area contributed by atoms with Gasteiger partial charge in [-0.15, -0.1) is 22.7 Å². The van der Waals surface area contributed by atoms with Gasteiger partial charge in [-0.3, -0.25) is 4.98 Å². The van der Waals surface area contributed by atoms with E-state index in [4.69, 9.17) is 9.40 Å². The first-order valence-corrected chi connectivity index (χ1v) is 10.9. The quantitative estimate of drug-likeness (QED) is 0.354. The Kier molecular flexibility index (Phi) is 4.52. The highest BCUT2D eigenvalue weighted by atomic mass is 32.1. The third-order valence-corrected chi connectivity index (χ3v) is 7.33. The normalized spacial score (nSPS) is 12.2. The van der Waals surface area contributed by atoms with E-state index in [1.807, 2.05) is 17.5 Å². The molecule has 0 aliphatic rings. The second kappa shape index (κ2) is 6.61. The zero-order chi connectivity index (χ0) is 19.3. The molecule has 0 amide bonds. The lowest BCUT2D eigenvalue weighted by molar-refractivity contribution is 0.366. The third kappa shape index (κ3) is 3.48. The SMILES string of the molecule is Cc1cc(-c2nccc3c(C)c(-c4ccc(CC(C)(C)C)o4)sc23)sc1C. The Morgan fingerprint density at radius 3 is 2.48 bits per heavy atom. The maximum absolute atomic E-state index is 6.22. The average Bonchev–Trinajstić information content (AvgIpc) is 3.25. The molecule has 0 bridgehead atoms. The minimum absolute atomic E-state index is 0.219. The lowest BCUT2D eigenvalue weighted by Crippen LogP contribution is -2.08. The van der Waals surface area contributed by atoms with E-state index in [0.29, 0.717) is 0 Å². The molecule has 140 valence electrons. The van der Waals surface area contributed by atoms with Crippen LogP contribution >= 0.6 is 22.7 Å². The van der Waals surface area contributed by atoms with Crippen LogP contribution in [0.3, 0.4) is 0 Å². The number of fused-ring (bicyclic) bond motifs is 1. The number of hydrogen-bond acceptors (Lipinski definition) is 4. The number of rotatable bonds is 3. The molecule has 0 saturated heterocycles. The lowest BCUT2D eigenvalue weighted by Gasteiger charge is -2.15. The molecule has 0 saturated carbocycles. The van der Waals surface area contributed by atoms with Gasteiger partial charge in [-0.1, -0.05) is 20.8 Å². The largest absolute Gasteiger partial charge is 0.460 e. The van der Waals surface area contributed by atoms with Gasteiger partial charge in [0, 0.05) is 17.5 Å². The van der Waals surface area contributed by atoms with Gasteiger partial charge in [0.15, 0.2) is 0 Å². The summed E-state index contributed by atoms with van der Waals surface area (Å²) in [6.07, 6.45) is 2.87. The molecular weight excluding hydrogens is 370 g/mol. The van der Waals surface area contributed by atoms with Crippen LogP contribution in [0.2, 0.25) is 0 Å². The minimum atomic E-state index is 0.219. The predicted octanol–water partition coefficient (Wildman–Crippen LogP) is 7.80. The highest BCUT2D eigenvalue weighted by Gasteiger charge is 2.20. The Balaban J connectivity index is 1.82. The molecule has 4 aromatic rings. The first kappa shape index (κ1) is 18.5. The molecule has 4 rings (SSSR count). The first-order chi connectivity index (χ1) is 12.7. The summed E-state index contributed by atoms with van der Waals surface area (Å²) in [5, 5.41) is 1.28. The monoisotopic (exact) mass is 395 g/mol. The second-order valence-corrected chi connectivity index (χ2v) is 10.7. The van der Waals surface area contributed by atoms with Crippen molar-refractivity contribution in [3.63, 3.8) is 0 Å². The van der Waals surface area contributed by atoms with Crippen LogP contribution in [0.4, 0.5) is 0 Å². The summed E-state index contributed by atoms with van der Waals surface area (Å²) >= 11 is 3.62. The van der Waals surface area contributed by atoms with Gasteiger partial charge in [0.05, 0.1) is 20.1 Å². The summed E-state index contributed by atoms with van der Waals surface area (Å²) < 4.78 is 7.47. The summed E-state index contributed by atoms with van der Waals surface area (Å²) in [6, 6.07) is 8.62. The molecule has 0 aliphatic heterocycles. The minimum Gasteiger partial charge on any atom is -0.460 e. The molecule has 0 fully saturated rings. The van der Waals surface area contributed by atoms with Gasteiger partial charge in [0.1, 0.15) is 11.5 Å². The molecule has 2 nitrogen and oxygen atoms in total. The van der Waals surface area contributed by atoms with Crippen LogP contribution < -0.4 is 0 Å². The van der Waals surface area contributed by atoms with Gasteiger partial charge >= 0.3 is 0 Å². The fraction of sp³-hybridized carbons (Fsp3) is 0.348. The highest BCUT2D eigenvalue weighted by Crippen LogP contribution is 2.44. The molecule has 0 N–H and O–H groups in total. The van der Waals surface area contributed by atoms with Crippen molar-refractivity contribution in [3.05, 3.63) is 52.2 Å². The summed E-state index contributed by atoms with van der Waals surface area (Å²) in [5.41, 5.74) is 3.92. The Labute approximate surface area is 168 Å². The number of pyridine rings is 1. The predicted molar refractivity (Wildman–Crippen MR) is 118 cm³/mol. The van der Waals surface area contributed by atoms with Gasteiger partial charge in [0.25, 0.3) is 0 Å². The molecule has 0 atom stereocenters. The third-order valence-electron chi connectivity index (χ3n) is 4.84. The van der Waals surface area contributed by atoms with Crippen molar-refractivity contribution in [2.45, 2.75) is 48.0 Å². The number of furan rings is 1. The summed E-state index contributed by atoms with van der Waals surface area (Å²) in [6.45, 7) is 13.2. The van der Waals surface area contributed by atoms with Crippen LogP contribution in [0.1, 0.15) is 42.5 Å². The van der Waals surface area contributed by atoms with E-state index in [-0.39, 0.29) is 5.41 Å². The van der Waals surface area contributed by atoms with Crippen LogP contribution in [0, 0.1) is 26.2 Å². The van der Waals surface area contributed by atoms with E-state index < -0.39 is 0 Å². The first-order valence-electron chi connectivity index (χ1n) is 9.27. The van der Waals surface area contributed by atoms with Crippen molar-refractivity contribution in [2.75, 3.05) is 0 Å². The standard InChI is InChI=1S/C23H25NOS2/c1-13-11-19(26-15(13)3)20-22-17(9-10-24-20)14(2)21(27-22)18-8-7-16(25-18)12-23(4,5)6/h7-11H,12H2,1-6H3. The Hall–Kier alpha value is -1.91. The molecule has 0 aliphatic carbocycles. The molecule has 4 heterocycles. The maximum atomic E-state index is 6.22. The van der Waals surface area contributed by atoms with Gasteiger partial charge < -0.3 is 4.42 Å². The van der Waals surface area contributed by atoms with E-state index in [1.165, 1.54) is 35.8 Å². The molecule has 0 aromatic carbocycles. The van der Waals surface area contributed by atoms with Crippen LogP contribution in [0.25, 0.3) is 31.3 Å². The molecule has 27 heavy (non-hydrogen) atoms. The van der Waals surface area contributed by atoms with Gasteiger partial charge in [-0.25, -0.2) is 0 Å². The van der Waals surface area contributed by atoms with Crippen molar-refractivity contribution >= 4 is 32.8 Å². The summed E-state index contributed by atoms with van der Waals surface area (Å²) in [7, 11) is 0. The van der Waals surface area contributed by atoms with Crippen LogP contribution in [0.15, 0.2) is 34.9 Å². The molecule has 4 aromatic heterocycles. The van der Waals surface area contributed by atoms with E-state index in [9.17, 15) is 0 Å². The smallest absolute Gasteiger partial charge is 0.144 e. The number of aromatic nitrogens is 1. The van der Waals surface area contributed by atoms with Crippen molar-refractivity contribution in [3.8, 4) is 21.2 Å². The Morgan fingerprint density at radius 2 is 1.81 bits per heavy atom. The molecule has 0 unspecified atom stereocenters. The van der Waals surface area contributed by atoms with Crippen molar-refractivity contribution in [2.24, 2.45) is 5.41 Å². The highest BCUT2D eigenvalue weighted by molar-refractivity contribution is 7.23. The van der Waals surface area contributed by atoms with Crippen molar-refractivity contribution in [1.82, 2.24) is 4.98 Å². The zero-order valence-corrected chi connectivity index (χ0v) is 18.4. The van der Waals surface area contributed by atoms with Crippen LogP contribution in [0.5, 0.6) is 0 Å². The molecular formula is C23H25NOS2. The average molecular weight is 396 g/mol. The van der Waals surface area contributed by atoms with E-state index in [0.717, 1.165) is 23.6 Å². The topological polar surface area (TPSA) is 26.0 Å². The van der Waals surface area contributed by atoms with E-state index in [1.54, 1.807) is 11.3 Å². The maximum Gasteiger partial charge on any atom is 0.144 e.